The van der Waals surface area contributed by atoms with Crippen LogP contribution in [0.3, 0.4) is 0 Å². The summed E-state index contributed by atoms with van der Waals surface area (Å²) in [5.74, 6) is 0. The minimum Gasteiger partial charge on any atom is -0.465 e. The van der Waals surface area contributed by atoms with E-state index in [9.17, 15) is 4.79 Å². The third-order valence-corrected chi connectivity index (χ3v) is 1.88. The van der Waals surface area contributed by atoms with Crippen LogP contribution >= 0.6 is 0 Å². The summed E-state index contributed by atoms with van der Waals surface area (Å²) in [6.45, 7) is 6.87. The number of carboxylic acid groups (broad SMARTS) is 1. The lowest BCUT2D eigenvalue weighted by Gasteiger charge is -2.33. The van der Waals surface area contributed by atoms with Crippen molar-refractivity contribution in [3.63, 3.8) is 0 Å². The minimum atomic E-state index is -0.857. The van der Waals surface area contributed by atoms with Gasteiger partial charge in [-0.25, -0.2) is 4.79 Å². The van der Waals surface area contributed by atoms with Crippen molar-refractivity contribution in [2.24, 2.45) is 5.73 Å². The third kappa shape index (κ3) is 5.77. The van der Waals surface area contributed by atoms with Gasteiger partial charge in [0.05, 0.1) is 0 Å². The predicted molar refractivity (Wildman–Crippen MR) is 57.8 cm³/mol. The summed E-state index contributed by atoms with van der Waals surface area (Å²) in [6.07, 6.45) is 0.851. The van der Waals surface area contributed by atoms with Crippen molar-refractivity contribution in [2.75, 3.05) is 13.1 Å². The molecule has 0 rings (SSSR count). The molecule has 6 N–H and O–H groups in total. The summed E-state index contributed by atoms with van der Waals surface area (Å²) >= 11 is 0. The molecule has 0 aromatic rings. The Morgan fingerprint density at radius 1 is 1.36 bits per heavy atom. The van der Waals surface area contributed by atoms with Crippen molar-refractivity contribution in [1.29, 1.82) is 0 Å². The summed E-state index contributed by atoms with van der Waals surface area (Å²) in [7, 11) is 0. The van der Waals surface area contributed by atoms with Crippen molar-refractivity contribution in [3.8, 4) is 0 Å². The lowest BCUT2D eigenvalue weighted by molar-refractivity contribution is 0.0992. The zero-order valence-electron chi connectivity index (χ0n) is 9.42. The van der Waals surface area contributed by atoms with E-state index in [0.29, 0.717) is 13.1 Å². The molecule has 0 aliphatic rings. The van der Waals surface area contributed by atoms with Gasteiger partial charge < -0.3 is 21.9 Å². The highest BCUT2D eigenvalue weighted by atomic mass is 16.4. The Kier molecular flexibility index (Phi) is 7.40. The molecular weight excluding hydrogens is 182 g/mol. The normalized spacial score (nSPS) is 10.6. The standard InChI is InChI=1S/C9H20N2O2.H3N/c1-9(2,3)11(8(12)13)7-5-4-6-10;/h4-7,10H2,1-3H3,(H,12,13);1H3. The molecule has 0 fully saturated rings. The lowest BCUT2D eigenvalue weighted by atomic mass is 10.1. The van der Waals surface area contributed by atoms with Crippen LogP contribution < -0.4 is 11.9 Å². The second-order valence-corrected chi connectivity index (χ2v) is 4.10. The molecular formula is C9H23N3O2. The Morgan fingerprint density at radius 3 is 2.14 bits per heavy atom. The highest BCUT2D eigenvalue weighted by Crippen LogP contribution is 2.13. The highest BCUT2D eigenvalue weighted by molar-refractivity contribution is 5.65. The van der Waals surface area contributed by atoms with Gasteiger partial charge in [-0.2, -0.15) is 0 Å². The molecule has 5 heteroatoms. The van der Waals surface area contributed by atoms with Gasteiger partial charge in [-0.1, -0.05) is 0 Å². The van der Waals surface area contributed by atoms with Crippen LogP contribution in [-0.2, 0) is 0 Å². The topological polar surface area (TPSA) is 102 Å². The molecule has 0 bridgehead atoms. The second kappa shape index (κ2) is 6.62. The number of nitrogens with zero attached hydrogens (tertiary/aromatic N) is 1. The van der Waals surface area contributed by atoms with Gasteiger partial charge in [-0.05, 0) is 40.2 Å². The Labute approximate surface area is 85.9 Å². The molecule has 0 aromatic heterocycles. The SMILES string of the molecule is CC(C)(C)N(CCCCN)C(=O)O.N. The Morgan fingerprint density at radius 2 is 1.86 bits per heavy atom. The van der Waals surface area contributed by atoms with Crippen LogP contribution in [0.2, 0.25) is 0 Å². The fourth-order valence-corrected chi connectivity index (χ4v) is 1.13. The number of amides is 1. The molecule has 0 aliphatic heterocycles. The molecule has 0 atom stereocenters. The van der Waals surface area contributed by atoms with E-state index in [2.05, 4.69) is 0 Å². The first-order chi connectivity index (χ1) is 5.89. The average molecular weight is 205 g/mol. The van der Waals surface area contributed by atoms with Crippen molar-refractivity contribution < 1.29 is 9.90 Å². The molecule has 0 radical (unpaired) electrons. The maximum Gasteiger partial charge on any atom is 0.407 e. The second-order valence-electron chi connectivity index (χ2n) is 4.10. The Hall–Kier alpha value is -0.810. The van der Waals surface area contributed by atoms with E-state index in [1.807, 2.05) is 20.8 Å². The van der Waals surface area contributed by atoms with Crippen molar-refractivity contribution in [2.45, 2.75) is 39.2 Å². The number of hydrogen-bond acceptors (Lipinski definition) is 3. The van der Waals surface area contributed by atoms with Crippen molar-refractivity contribution in [3.05, 3.63) is 0 Å². The number of carbonyl (C=O) groups is 1. The van der Waals surface area contributed by atoms with Gasteiger partial charge in [0.25, 0.3) is 0 Å². The van der Waals surface area contributed by atoms with E-state index in [0.717, 1.165) is 12.8 Å². The number of hydrogen-bond donors (Lipinski definition) is 3. The Bertz CT molecular complexity index is 166. The monoisotopic (exact) mass is 205 g/mol. The molecule has 0 saturated carbocycles. The van der Waals surface area contributed by atoms with Crippen LogP contribution in [0.15, 0.2) is 0 Å². The van der Waals surface area contributed by atoms with E-state index in [1.165, 1.54) is 4.90 Å². The van der Waals surface area contributed by atoms with Crippen LogP contribution in [0.4, 0.5) is 4.79 Å². The molecule has 86 valence electrons. The maximum absolute atomic E-state index is 10.8. The van der Waals surface area contributed by atoms with Crippen LogP contribution in [0, 0.1) is 0 Å². The first-order valence-corrected chi connectivity index (χ1v) is 4.60. The largest absolute Gasteiger partial charge is 0.465 e. The van der Waals surface area contributed by atoms with Gasteiger partial charge in [0, 0.05) is 12.1 Å². The molecule has 0 unspecified atom stereocenters. The van der Waals surface area contributed by atoms with Gasteiger partial charge in [0.1, 0.15) is 0 Å². The lowest BCUT2D eigenvalue weighted by Crippen LogP contribution is -2.45. The molecule has 0 spiro atoms. The first-order valence-electron chi connectivity index (χ1n) is 4.60. The summed E-state index contributed by atoms with van der Waals surface area (Å²) in [5.41, 5.74) is 5.01. The van der Waals surface area contributed by atoms with Crippen molar-refractivity contribution >= 4 is 6.09 Å². The Balaban J connectivity index is 0. The molecule has 5 nitrogen and oxygen atoms in total. The van der Waals surface area contributed by atoms with E-state index < -0.39 is 6.09 Å². The summed E-state index contributed by atoms with van der Waals surface area (Å²) < 4.78 is 0. The molecule has 0 aliphatic carbocycles. The van der Waals surface area contributed by atoms with Crippen LogP contribution in [0.1, 0.15) is 33.6 Å². The molecule has 0 aromatic carbocycles. The maximum atomic E-state index is 10.8. The third-order valence-electron chi connectivity index (χ3n) is 1.88. The number of unbranched alkanes of at least 4 members (excludes halogenated alkanes) is 1. The summed E-state index contributed by atoms with van der Waals surface area (Å²) in [6, 6.07) is 0. The zero-order chi connectivity index (χ0) is 10.5. The van der Waals surface area contributed by atoms with Gasteiger partial charge in [-0.3, -0.25) is 0 Å². The molecule has 14 heavy (non-hydrogen) atoms. The number of nitrogens with two attached hydrogens (primary N) is 1. The fraction of sp³-hybridized carbons (Fsp3) is 0.889. The fourth-order valence-electron chi connectivity index (χ4n) is 1.13. The minimum absolute atomic E-state index is 0. The summed E-state index contributed by atoms with van der Waals surface area (Å²) in [5, 5.41) is 8.90. The average Bonchev–Trinajstić information content (AvgIpc) is 1.94. The highest BCUT2D eigenvalue weighted by Gasteiger charge is 2.24. The van der Waals surface area contributed by atoms with E-state index in [4.69, 9.17) is 10.8 Å². The van der Waals surface area contributed by atoms with E-state index in [1.54, 1.807) is 0 Å². The van der Waals surface area contributed by atoms with E-state index in [-0.39, 0.29) is 11.7 Å². The number of rotatable bonds is 4. The zero-order valence-corrected chi connectivity index (χ0v) is 9.42. The smallest absolute Gasteiger partial charge is 0.407 e. The van der Waals surface area contributed by atoms with Gasteiger partial charge in [0.15, 0.2) is 0 Å². The predicted octanol–water partition coefficient (Wildman–Crippen LogP) is 1.67. The summed E-state index contributed by atoms with van der Waals surface area (Å²) in [4.78, 5) is 12.3. The van der Waals surface area contributed by atoms with E-state index >= 15 is 0 Å². The first kappa shape index (κ1) is 15.7. The van der Waals surface area contributed by atoms with Crippen LogP contribution in [-0.4, -0.2) is 34.7 Å². The van der Waals surface area contributed by atoms with Crippen LogP contribution in [0.25, 0.3) is 0 Å². The quantitative estimate of drug-likeness (QED) is 0.607. The molecule has 0 saturated heterocycles. The van der Waals surface area contributed by atoms with Gasteiger partial charge in [0.2, 0.25) is 0 Å². The van der Waals surface area contributed by atoms with Crippen LogP contribution in [0.5, 0.6) is 0 Å². The van der Waals surface area contributed by atoms with Gasteiger partial charge in [-0.15, -0.1) is 0 Å². The molecule has 0 heterocycles. The van der Waals surface area contributed by atoms with Gasteiger partial charge >= 0.3 is 6.09 Å². The molecule has 1 amide bonds. The van der Waals surface area contributed by atoms with Crippen molar-refractivity contribution in [1.82, 2.24) is 11.1 Å².